The Morgan fingerprint density at radius 3 is 2.89 bits per heavy atom. The van der Waals surface area contributed by atoms with Gasteiger partial charge in [-0.1, -0.05) is 30.3 Å². The minimum absolute atomic E-state index is 0.105. The Morgan fingerprint density at radius 1 is 1.33 bits per heavy atom. The second-order valence-electron chi connectivity index (χ2n) is 5.78. The highest BCUT2D eigenvalue weighted by molar-refractivity contribution is 7.98. The van der Waals surface area contributed by atoms with Gasteiger partial charge in [0, 0.05) is 11.6 Å². The Labute approximate surface area is 165 Å². The predicted octanol–water partition coefficient (Wildman–Crippen LogP) is 4.52. The molecular formula is C19H19ClN2O4S. The van der Waals surface area contributed by atoms with Gasteiger partial charge in [-0.05, 0) is 37.6 Å². The van der Waals surface area contributed by atoms with Gasteiger partial charge in [-0.25, -0.2) is 9.78 Å². The van der Waals surface area contributed by atoms with Crippen molar-refractivity contribution in [2.45, 2.75) is 37.7 Å². The number of benzene rings is 1. The maximum Gasteiger partial charge on any atom is 0.341 e. The van der Waals surface area contributed by atoms with Crippen LogP contribution in [0.4, 0.5) is 0 Å². The van der Waals surface area contributed by atoms with E-state index in [1.54, 1.807) is 35.8 Å². The minimum Gasteiger partial charge on any atom is -0.468 e. The molecule has 8 heteroatoms. The predicted molar refractivity (Wildman–Crippen MR) is 106 cm³/mol. The van der Waals surface area contributed by atoms with E-state index < -0.39 is 5.97 Å². The molecule has 0 fully saturated rings. The van der Waals surface area contributed by atoms with Crippen molar-refractivity contribution in [1.29, 1.82) is 0 Å². The molecule has 0 aliphatic rings. The fraction of sp³-hybridized carbons (Fsp3) is 0.316. The number of thioether (sulfide) groups is 1. The molecule has 0 atom stereocenters. The van der Waals surface area contributed by atoms with Gasteiger partial charge in [-0.15, -0.1) is 0 Å². The van der Waals surface area contributed by atoms with Crippen LogP contribution in [0.2, 0.25) is 5.02 Å². The summed E-state index contributed by atoms with van der Waals surface area (Å²) < 4.78 is 12.1. The Balaban J connectivity index is 1.95. The highest BCUT2D eigenvalue weighted by atomic mass is 35.5. The van der Waals surface area contributed by atoms with E-state index in [1.165, 1.54) is 18.0 Å². The molecule has 2 aromatic heterocycles. The van der Waals surface area contributed by atoms with Crippen LogP contribution in [0.5, 0.6) is 0 Å². The van der Waals surface area contributed by atoms with Gasteiger partial charge < -0.3 is 9.15 Å². The second kappa shape index (κ2) is 8.63. The molecule has 0 amide bonds. The maximum atomic E-state index is 12.8. The van der Waals surface area contributed by atoms with Crippen molar-refractivity contribution in [3.05, 3.63) is 57.2 Å². The van der Waals surface area contributed by atoms with Crippen LogP contribution in [0.1, 0.15) is 36.4 Å². The highest BCUT2D eigenvalue weighted by Gasteiger charge is 2.18. The zero-order valence-corrected chi connectivity index (χ0v) is 16.6. The van der Waals surface area contributed by atoms with Crippen LogP contribution in [0.3, 0.4) is 0 Å². The van der Waals surface area contributed by atoms with Gasteiger partial charge in [0.2, 0.25) is 0 Å². The van der Waals surface area contributed by atoms with E-state index in [4.69, 9.17) is 20.8 Å². The van der Waals surface area contributed by atoms with Crippen molar-refractivity contribution in [2.75, 3.05) is 6.61 Å². The van der Waals surface area contributed by atoms with E-state index in [0.29, 0.717) is 51.3 Å². The number of ether oxygens (including phenoxy) is 1. The summed E-state index contributed by atoms with van der Waals surface area (Å²) >= 11 is 7.38. The molecule has 0 aliphatic carbocycles. The first-order valence-electron chi connectivity index (χ1n) is 8.61. The molecule has 0 unspecified atom stereocenters. The summed E-state index contributed by atoms with van der Waals surface area (Å²) in [6, 6.07) is 6.64. The van der Waals surface area contributed by atoms with Crippen LogP contribution >= 0.6 is 23.4 Å². The lowest BCUT2D eigenvalue weighted by Gasteiger charge is -2.12. The van der Waals surface area contributed by atoms with E-state index in [-0.39, 0.29) is 5.56 Å². The van der Waals surface area contributed by atoms with Crippen LogP contribution in [-0.4, -0.2) is 22.1 Å². The molecule has 1 aromatic carbocycles. The van der Waals surface area contributed by atoms with Gasteiger partial charge in [0.05, 0.1) is 29.5 Å². The van der Waals surface area contributed by atoms with Crippen molar-refractivity contribution in [1.82, 2.24) is 9.55 Å². The molecule has 0 N–H and O–H groups in total. The Hall–Kier alpha value is -2.25. The fourth-order valence-corrected chi connectivity index (χ4v) is 3.82. The van der Waals surface area contributed by atoms with E-state index in [9.17, 15) is 9.59 Å². The molecule has 0 spiro atoms. The second-order valence-corrected chi connectivity index (χ2v) is 7.16. The van der Waals surface area contributed by atoms with Gasteiger partial charge >= 0.3 is 5.97 Å². The lowest BCUT2D eigenvalue weighted by Crippen LogP contribution is -2.23. The standard InChI is InChI=1S/C19H19ClN2O4S/c1-3-8-22-17(23)13-6-5-12(20)10-15(13)21-19(22)27-11-16-14(7-9-26-16)18(24)25-4-2/h5-7,9-10H,3-4,8,11H2,1-2H3. The van der Waals surface area contributed by atoms with Gasteiger partial charge in [0.15, 0.2) is 5.16 Å². The summed E-state index contributed by atoms with van der Waals surface area (Å²) in [5, 5.41) is 1.61. The monoisotopic (exact) mass is 406 g/mol. The van der Waals surface area contributed by atoms with Crippen molar-refractivity contribution < 1.29 is 13.9 Å². The number of fused-ring (bicyclic) bond motifs is 1. The number of furan rings is 1. The molecule has 2 heterocycles. The number of halogens is 1. The number of nitrogens with zero attached hydrogens (tertiary/aromatic N) is 2. The normalized spacial score (nSPS) is 11.1. The number of carbonyl (C=O) groups excluding carboxylic acids is 1. The summed E-state index contributed by atoms with van der Waals surface area (Å²) in [6.07, 6.45) is 2.25. The van der Waals surface area contributed by atoms with Crippen LogP contribution in [0.15, 0.2) is 44.9 Å². The van der Waals surface area contributed by atoms with Gasteiger partial charge in [-0.2, -0.15) is 0 Å². The first-order chi connectivity index (χ1) is 13.0. The van der Waals surface area contributed by atoms with E-state index in [1.807, 2.05) is 6.92 Å². The molecule has 3 rings (SSSR count). The number of carbonyl (C=O) groups is 1. The molecule has 0 aliphatic heterocycles. The average molecular weight is 407 g/mol. The average Bonchev–Trinajstić information content (AvgIpc) is 3.11. The van der Waals surface area contributed by atoms with Crippen LogP contribution in [0.25, 0.3) is 10.9 Å². The van der Waals surface area contributed by atoms with Crippen LogP contribution in [0, 0.1) is 0 Å². The SMILES string of the molecule is CCCn1c(SCc2occc2C(=O)OCC)nc2cc(Cl)ccc2c1=O. The first kappa shape index (κ1) is 19.5. The van der Waals surface area contributed by atoms with E-state index in [2.05, 4.69) is 4.98 Å². The molecule has 142 valence electrons. The van der Waals surface area contributed by atoms with Crippen molar-refractivity contribution >= 4 is 40.2 Å². The first-order valence-corrected chi connectivity index (χ1v) is 9.97. The quantitative estimate of drug-likeness (QED) is 0.326. The molecule has 0 radical (unpaired) electrons. The van der Waals surface area contributed by atoms with Gasteiger partial charge in [0.1, 0.15) is 11.3 Å². The third-order valence-corrected chi connectivity index (χ3v) is 5.11. The van der Waals surface area contributed by atoms with E-state index in [0.717, 1.165) is 6.42 Å². The summed E-state index contributed by atoms with van der Waals surface area (Å²) in [5.41, 5.74) is 0.830. The van der Waals surface area contributed by atoms with Gasteiger partial charge in [-0.3, -0.25) is 9.36 Å². The number of aromatic nitrogens is 2. The topological polar surface area (TPSA) is 74.3 Å². The molecule has 6 nitrogen and oxygen atoms in total. The third-order valence-electron chi connectivity index (χ3n) is 3.90. The molecule has 0 saturated carbocycles. The van der Waals surface area contributed by atoms with E-state index >= 15 is 0 Å². The minimum atomic E-state index is -0.425. The fourth-order valence-electron chi connectivity index (χ4n) is 2.68. The Bertz CT molecular complexity index is 1030. The molecular weight excluding hydrogens is 388 g/mol. The highest BCUT2D eigenvalue weighted by Crippen LogP contribution is 2.26. The summed E-state index contributed by atoms with van der Waals surface area (Å²) in [7, 11) is 0. The summed E-state index contributed by atoms with van der Waals surface area (Å²) in [5.74, 6) is 0.414. The number of rotatable bonds is 7. The smallest absolute Gasteiger partial charge is 0.341 e. The molecule has 0 bridgehead atoms. The van der Waals surface area contributed by atoms with Crippen molar-refractivity contribution in [2.24, 2.45) is 0 Å². The number of hydrogen-bond donors (Lipinski definition) is 0. The largest absolute Gasteiger partial charge is 0.468 e. The van der Waals surface area contributed by atoms with Crippen molar-refractivity contribution in [3.8, 4) is 0 Å². The van der Waals surface area contributed by atoms with Crippen LogP contribution in [-0.2, 0) is 17.0 Å². The Morgan fingerprint density at radius 2 is 2.15 bits per heavy atom. The molecule has 27 heavy (non-hydrogen) atoms. The maximum absolute atomic E-state index is 12.8. The zero-order chi connectivity index (χ0) is 19.4. The summed E-state index contributed by atoms with van der Waals surface area (Å²) in [6.45, 7) is 4.59. The zero-order valence-electron chi connectivity index (χ0n) is 15.0. The molecule has 3 aromatic rings. The number of esters is 1. The lowest BCUT2D eigenvalue weighted by atomic mass is 10.2. The van der Waals surface area contributed by atoms with Crippen molar-refractivity contribution in [3.63, 3.8) is 0 Å². The van der Waals surface area contributed by atoms with Crippen LogP contribution < -0.4 is 5.56 Å². The number of hydrogen-bond acceptors (Lipinski definition) is 6. The Kier molecular flexibility index (Phi) is 6.23. The van der Waals surface area contributed by atoms with Gasteiger partial charge in [0.25, 0.3) is 5.56 Å². The third kappa shape index (κ3) is 4.20. The molecule has 0 saturated heterocycles. The summed E-state index contributed by atoms with van der Waals surface area (Å²) in [4.78, 5) is 29.4. The lowest BCUT2D eigenvalue weighted by molar-refractivity contribution is 0.0524.